The predicted molar refractivity (Wildman–Crippen MR) is 90.8 cm³/mol. The highest BCUT2D eigenvalue weighted by molar-refractivity contribution is 8.30. The molecule has 110 valence electrons. The Morgan fingerprint density at radius 1 is 0.591 bits per heavy atom. The van der Waals surface area contributed by atoms with Crippen molar-refractivity contribution in [2.45, 2.75) is 14.7 Å². The average molecular weight is 309 g/mol. The van der Waals surface area contributed by atoms with Gasteiger partial charge < -0.3 is 4.79 Å². The van der Waals surface area contributed by atoms with Crippen molar-refractivity contribution in [3.05, 3.63) is 91.0 Å². The summed E-state index contributed by atoms with van der Waals surface area (Å²) in [5, 5.41) is 0. The molecule has 0 aromatic heterocycles. The number of rotatable bonds is 5. The van der Waals surface area contributed by atoms with Crippen LogP contribution in [0, 0.1) is 0 Å². The third-order valence-electron chi connectivity index (χ3n) is 3.41. The van der Waals surface area contributed by atoms with E-state index < -0.39 is 10.3 Å². The van der Waals surface area contributed by atoms with Gasteiger partial charge in [0.1, 0.15) is 0 Å². The third kappa shape index (κ3) is 2.51. The Morgan fingerprint density at radius 2 is 0.909 bits per heavy atom. The first-order valence-corrected chi connectivity index (χ1v) is 8.56. The summed E-state index contributed by atoms with van der Waals surface area (Å²) in [5.74, 6) is 0. The van der Waals surface area contributed by atoms with Gasteiger partial charge in [0.25, 0.3) is 0 Å². The summed E-state index contributed by atoms with van der Waals surface area (Å²) < 4.78 is 5.90. The van der Waals surface area contributed by atoms with E-state index in [1.807, 2.05) is 91.0 Å². The highest BCUT2D eigenvalue weighted by Gasteiger charge is 2.38. The fraction of sp³-hybridized carbons (Fsp3) is 0. The van der Waals surface area contributed by atoms with Crippen LogP contribution in [0.25, 0.3) is 0 Å². The number of carbonyl (C=O) groups excluding carboxylic acids is 1. The fourth-order valence-electron chi connectivity index (χ4n) is 2.48. The maximum atomic E-state index is 9.46. The van der Waals surface area contributed by atoms with Crippen molar-refractivity contribution in [3.8, 4) is 0 Å². The SMILES string of the molecule is [OH+]=COS(c1ccccc1)(c1ccccc1)c1ccccc1. The molecule has 0 spiro atoms. The molecular weight excluding hydrogens is 292 g/mol. The van der Waals surface area contributed by atoms with Crippen LogP contribution in [0.4, 0.5) is 0 Å². The van der Waals surface area contributed by atoms with Gasteiger partial charge in [-0.1, -0.05) is 54.6 Å². The van der Waals surface area contributed by atoms with Crippen molar-refractivity contribution >= 4 is 16.8 Å². The smallest absolute Gasteiger partial charge is 0.340 e. The summed E-state index contributed by atoms with van der Waals surface area (Å²) >= 11 is 0. The van der Waals surface area contributed by atoms with Crippen molar-refractivity contribution in [1.82, 2.24) is 0 Å². The number of hydrogen-bond acceptors (Lipinski definition) is 1. The molecule has 0 aliphatic rings. The predicted octanol–water partition coefficient (Wildman–Crippen LogP) is 5.03. The molecule has 0 atom stereocenters. The lowest BCUT2D eigenvalue weighted by Gasteiger charge is -2.31. The summed E-state index contributed by atoms with van der Waals surface area (Å²) in [6.07, 6.45) is 0. The topological polar surface area (TPSA) is 30.6 Å². The molecule has 3 aromatic rings. The Hall–Kier alpha value is -2.52. The number of hydrogen-bond donors (Lipinski definition) is 0. The molecule has 0 bridgehead atoms. The van der Waals surface area contributed by atoms with Gasteiger partial charge in [-0.3, -0.25) is 4.18 Å². The minimum Gasteiger partial charge on any atom is -0.340 e. The molecule has 0 aliphatic carbocycles. The molecule has 0 radical (unpaired) electrons. The van der Waals surface area contributed by atoms with Crippen LogP contribution in [0.5, 0.6) is 0 Å². The van der Waals surface area contributed by atoms with Crippen LogP contribution < -0.4 is 0 Å². The first kappa shape index (κ1) is 14.4. The first-order chi connectivity index (χ1) is 10.9. The van der Waals surface area contributed by atoms with Gasteiger partial charge in [0.2, 0.25) is 0 Å². The molecule has 3 aromatic carbocycles. The lowest BCUT2D eigenvalue weighted by atomic mass is 10.4. The zero-order valence-electron chi connectivity index (χ0n) is 12.0. The Labute approximate surface area is 131 Å². The van der Waals surface area contributed by atoms with E-state index in [0.717, 1.165) is 21.2 Å². The lowest BCUT2D eigenvalue weighted by molar-refractivity contribution is 0.532. The van der Waals surface area contributed by atoms with Crippen molar-refractivity contribution < 1.29 is 8.98 Å². The van der Waals surface area contributed by atoms with Gasteiger partial charge in [0, 0.05) is 0 Å². The van der Waals surface area contributed by atoms with Crippen LogP contribution in [-0.4, -0.2) is 11.3 Å². The molecule has 0 saturated heterocycles. The summed E-state index contributed by atoms with van der Waals surface area (Å²) in [6, 6.07) is 30.1. The molecule has 3 heteroatoms. The standard InChI is InChI=1S/C19H16O2S/c20-16-21-22(17-10-4-1-5-11-17,18-12-6-2-7-13-18)19-14-8-3-9-15-19/h1-16H/p+1. The fourth-order valence-corrected chi connectivity index (χ4v) is 5.38. The molecule has 0 fully saturated rings. The first-order valence-electron chi connectivity index (χ1n) is 7.00. The normalized spacial score (nSPS) is 11.6. The Kier molecular flexibility index (Phi) is 4.26. The van der Waals surface area contributed by atoms with Gasteiger partial charge >= 0.3 is 6.47 Å². The number of benzene rings is 3. The van der Waals surface area contributed by atoms with E-state index in [2.05, 4.69) is 0 Å². The largest absolute Gasteiger partial charge is 0.484 e. The van der Waals surface area contributed by atoms with Crippen molar-refractivity contribution in [1.29, 1.82) is 0 Å². The van der Waals surface area contributed by atoms with E-state index in [1.165, 1.54) is 0 Å². The minimum atomic E-state index is -1.99. The van der Waals surface area contributed by atoms with Crippen LogP contribution in [0.1, 0.15) is 0 Å². The second-order valence-electron chi connectivity index (χ2n) is 4.70. The van der Waals surface area contributed by atoms with E-state index >= 15 is 0 Å². The molecule has 0 amide bonds. The molecule has 0 saturated carbocycles. The van der Waals surface area contributed by atoms with E-state index in [9.17, 15) is 4.79 Å². The van der Waals surface area contributed by atoms with Crippen LogP contribution >= 0.6 is 10.3 Å². The van der Waals surface area contributed by atoms with Crippen molar-refractivity contribution in [2.75, 3.05) is 0 Å². The third-order valence-corrected chi connectivity index (χ3v) is 6.60. The monoisotopic (exact) mass is 309 g/mol. The molecule has 0 aliphatic heterocycles. The summed E-state index contributed by atoms with van der Waals surface area (Å²) in [4.78, 5) is 12.6. The quantitative estimate of drug-likeness (QED) is 0.480. The molecule has 22 heavy (non-hydrogen) atoms. The second-order valence-corrected chi connectivity index (χ2v) is 7.42. The van der Waals surface area contributed by atoms with Gasteiger partial charge in [0.15, 0.2) is 0 Å². The zero-order chi connectivity index (χ0) is 15.3. The second kappa shape index (κ2) is 6.50. The highest BCUT2D eigenvalue weighted by Crippen LogP contribution is 2.68. The molecular formula is C19H17O2S+. The highest BCUT2D eigenvalue weighted by atomic mass is 32.3. The van der Waals surface area contributed by atoms with Crippen molar-refractivity contribution in [3.63, 3.8) is 0 Å². The maximum absolute atomic E-state index is 9.46. The Bertz CT molecular complexity index is 630. The lowest BCUT2D eigenvalue weighted by Crippen LogP contribution is -2.07. The Balaban J connectivity index is 2.31. The maximum Gasteiger partial charge on any atom is 0.484 e. The molecule has 0 unspecified atom stereocenters. The Morgan fingerprint density at radius 3 is 1.18 bits per heavy atom. The van der Waals surface area contributed by atoms with Crippen LogP contribution in [0.2, 0.25) is 0 Å². The zero-order valence-corrected chi connectivity index (χ0v) is 12.8. The van der Waals surface area contributed by atoms with Gasteiger partial charge in [-0.25, -0.2) is 0 Å². The summed E-state index contributed by atoms with van der Waals surface area (Å²) in [6.45, 7) is 0.808. The van der Waals surface area contributed by atoms with Gasteiger partial charge in [0.05, 0.1) is 25.0 Å². The van der Waals surface area contributed by atoms with Crippen LogP contribution in [0.15, 0.2) is 106 Å². The summed E-state index contributed by atoms with van der Waals surface area (Å²) in [7, 11) is -1.99. The molecule has 0 heterocycles. The van der Waals surface area contributed by atoms with Gasteiger partial charge in [-0.05, 0) is 36.4 Å². The van der Waals surface area contributed by atoms with E-state index in [0.29, 0.717) is 0 Å². The van der Waals surface area contributed by atoms with E-state index in [-0.39, 0.29) is 0 Å². The van der Waals surface area contributed by atoms with E-state index in [1.54, 1.807) is 0 Å². The molecule has 3 rings (SSSR count). The van der Waals surface area contributed by atoms with Crippen LogP contribution in [-0.2, 0) is 4.18 Å². The van der Waals surface area contributed by atoms with Crippen LogP contribution in [0.3, 0.4) is 0 Å². The van der Waals surface area contributed by atoms with Gasteiger partial charge in [-0.15, -0.1) is 0 Å². The molecule has 1 N–H and O–H groups in total. The average Bonchev–Trinajstić information content (AvgIpc) is 2.62. The summed E-state index contributed by atoms with van der Waals surface area (Å²) in [5.41, 5.74) is 0. The minimum absolute atomic E-state index is 0.808. The van der Waals surface area contributed by atoms with E-state index in [4.69, 9.17) is 4.18 Å². The molecule has 2 nitrogen and oxygen atoms in total. The van der Waals surface area contributed by atoms with Crippen molar-refractivity contribution in [2.24, 2.45) is 0 Å². The van der Waals surface area contributed by atoms with Gasteiger partial charge in [-0.2, -0.15) is 0 Å².